The predicted molar refractivity (Wildman–Crippen MR) is 104 cm³/mol. The Kier molecular flexibility index (Phi) is 6.09. The van der Waals surface area contributed by atoms with E-state index in [0.29, 0.717) is 11.4 Å². The number of H-pyrrole nitrogens is 1. The molecule has 6 heteroatoms. The lowest BCUT2D eigenvalue weighted by Crippen LogP contribution is -3.00. The first kappa shape index (κ1) is 19.2. The van der Waals surface area contributed by atoms with E-state index in [1.807, 2.05) is 77.6 Å². The van der Waals surface area contributed by atoms with Crippen LogP contribution in [0.4, 0.5) is 0 Å². The Bertz CT molecular complexity index is 1090. The molecule has 0 unspecified atom stereocenters. The van der Waals surface area contributed by atoms with Crippen LogP contribution in [0.25, 0.3) is 29.0 Å². The average Bonchev–Trinajstić information content (AvgIpc) is 3.24. The van der Waals surface area contributed by atoms with Gasteiger partial charge < -0.3 is 12.4 Å². The minimum atomic E-state index is -0.0437. The summed E-state index contributed by atoms with van der Waals surface area (Å²) in [6.45, 7) is 0. The van der Waals surface area contributed by atoms with Crippen molar-refractivity contribution in [1.82, 2.24) is 15.2 Å². The standard InChI is InChI=1S/C22H17N4O.ClH/c27-20(17-8-3-1-4-9-17)13-15-26-14-7-12-19(16-26)22-23-21(24-25-22)18-10-5-2-6-11-18;/h1-16H,(H,23,24,25);1H/q+1;/p-1. The van der Waals surface area contributed by atoms with Crippen LogP contribution in [-0.2, 0) is 0 Å². The topological polar surface area (TPSA) is 62.5 Å². The number of benzene rings is 2. The lowest BCUT2D eigenvalue weighted by atomic mass is 10.1. The fourth-order valence-corrected chi connectivity index (χ4v) is 2.69. The van der Waals surface area contributed by atoms with E-state index in [4.69, 9.17) is 0 Å². The smallest absolute Gasteiger partial charge is 0.191 e. The average molecular weight is 389 g/mol. The molecule has 0 bridgehead atoms. The van der Waals surface area contributed by atoms with Gasteiger partial charge in [-0.25, -0.2) is 4.98 Å². The maximum atomic E-state index is 12.2. The van der Waals surface area contributed by atoms with E-state index < -0.39 is 0 Å². The van der Waals surface area contributed by atoms with E-state index in [1.165, 1.54) is 0 Å². The summed E-state index contributed by atoms with van der Waals surface area (Å²) >= 11 is 0. The fourth-order valence-electron chi connectivity index (χ4n) is 2.69. The number of nitrogens with zero attached hydrogens (tertiary/aromatic N) is 3. The zero-order valence-electron chi connectivity index (χ0n) is 14.9. The third kappa shape index (κ3) is 4.39. The zero-order valence-corrected chi connectivity index (χ0v) is 15.6. The number of carbonyl (C=O) groups excluding carboxylic acids is 1. The van der Waals surface area contributed by atoms with E-state index in [-0.39, 0.29) is 18.2 Å². The van der Waals surface area contributed by atoms with Crippen molar-refractivity contribution < 1.29 is 21.8 Å². The molecule has 1 N–H and O–H groups in total. The number of allylic oxidation sites excluding steroid dienone is 1. The summed E-state index contributed by atoms with van der Waals surface area (Å²) in [5.41, 5.74) is 2.49. The van der Waals surface area contributed by atoms with Gasteiger partial charge in [-0.15, -0.1) is 0 Å². The first-order valence-electron chi connectivity index (χ1n) is 8.56. The van der Waals surface area contributed by atoms with Gasteiger partial charge >= 0.3 is 0 Å². The van der Waals surface area contributed by atoms with E-state index in [0.717, 1.165) is 17.0 Å². The first-order chi connectivity index (χ1) is 13.3. The molecule has 2 aromatic carbocycles. The van der Waals surface area contributed by atoms with Crippen LogP contribution in [0.15, 0.2) is 91.3 Å². The molecule has 0 atom stereocenters. The highest BCUT2D eigenvalue weighted by Crippen LogP contribution is 2.18. The molecule has 0 aliphatic carbocycles. The Balaban J connectivity index is 0.00000225. The lowest BCUT2D eigenvalue weighted by molar-refractivity contribution is -0.567. The molecule has 2 heterocycles. The van der Waals surface area contributed by atoms with Crippen LogP contribution in [0.1, 0.15) is 10.4 Å². The van der Waals surface area contributed by atoms with Gasteiger partial charge in [0.15, 0.2) is 36.0 Å². The Hall–Kier alpha value is -3.57. The molecule has 0 aliphatic heterocycles. The van der Waals surface area contributed by atoms with Crippen LogP contribution in [-0.4, -0.2) is 21.0 Å². The van der Waals surface area contributed by atoms with Crippen LogP contribution >= 0.6 is 0 Å². The van der Waals surface area contributed by atoms with E-state index in [1.54, 1.807) is 24.4 Å². The van der Waals surface area contributed by atoms with Crippen LogP contribution in [0.5, 0.6) is 0 Å². The maximum Gasteiger partial charge on any atom is 0.191 e. The second-order valence-electron chi connectivity index (χ2n) is 5.96. The third-order valence-corrected chi connectivity index (χ3v) is 4.07. The predicted octanol–water partition coefficient (Wildman–Crippen LogP) is 0.784. The second kappa shape index (κ2) is 8.88. The quantitative estimate of drug-likeness (QED) is 0.312. The number of rotatable bonds is 5. The molecule has 0 amide bonds. The molecule has 2 aromatic heterocycles. The Morgan fingerprint density at radius 2 is 1.57 bits per heavy atom. The van der Waals surface area contributed by atoms with Crippen molar-refractivity contribution in [3.8, 4) is 22.8 Å². The highest BCUT2D eigenvalue weighted by atomic mass is 35.5. The number of hydrogen-bond donors (Lipinski definition) is 1. The third-order valence-electron chi connectivity index (χ3n) is 4.07. The molecule has 138 valence electrons. The van der Waals surface area contributed by atoms with Crippen molar-refractivity contribution in [1.29, 1.82) is 0 Å². The van der Waals surface area contributed by atoms with E-state index in [2.05, 4.69) is 15.2 Å². The van der Waals surface area contributed by atoms with Gasteiger partial charge in [0, 0.05) is 17.2 Å². The number of halogens is 1. The summed E-state index contributed by atoms with van der Waals surface area (Å²) in [7, 11) is 0. The van der Waals surface area contributed by atoms with E-state index in [9.17, 15) is 4.79 Å². The highest BCUT2D eigenvalue weighted by Gasteiger charge is 2.11. The molecule has 4 rings (SSSR count). The van der Waals surface area contributed by atoms with Crippen LogP contribution in [0.3, 0.4) is 0 Å². The van der Waals surface area contributed by atoms with Gasteiger partial charge in [-0.1, -0.05) is 60.7 Å². The van der Waals surface area contributed by atoms with Crippen molar-refractivity contribution in [2.45, 2.75) is 0 Å². The molecule has 4 aromatic rings. The fraction of sp³-hybridized carbons (Fsp3) is 0. The number of carbonyl (C=O) groups is 1. The molecule has 0 aliphatic rings. The maximum absolute atomic E-state index is 12.2. The number of ketones is 1. The number of hydrogen-bond acceptors (Lipinski definition) is 3. The number of pyridine rings is 1. The van der Waals surface area contributed by atoms with Crippen LogP contribution in [0.2, 0.25) is 0 Å². The number of nitrogens with one attached hydrogen (secondary N) is 1. The van der Waals surface area contributed by atoms with Crippen molar-refractivity contribution in [3.05, 3.63) is 96.8 Å². The number of aromatic amines is 1. The van der Waals surface area contributed by atoms with Gasteiger partial charge in [-0.2, -0.15) is 9.67 Å². The van der Waals surface area contributed by atoms with Crippen molar-refractivity contribution >= 4 is 12.0 Å². The molecule has 0 spiro atoms. The molecule has 28 heavy (non-hydrogen) atoms. The molecular weight excluding hydrogens is 372 g/mol. The SMILES string of the molecule is O=C(C=C[n+]1cccc(-c2n[nH]c(-c3ccccc3)n2)c1)c1ccccc1.[Cl-]. The Morgan fingerprint density at radius 3 is 2.32 bits per heavy atom. The van der Waals surface area contributed by atoms with Crippen molar-refractivity contribution in [2.24, 2.45) is 0 Å². The second-order valence-corrected chi connectivity index (χ2v) is 5.96. The summed E-state index contributed by atoms with van der Waals surface area (Å²) in [6.07, 6.45) is 7.02. The van der Waals surface area contributed by atoms with Crippen molar-refractivity contribution in [2.75, 3.05) is 0 Å². The van der Waals surface area contributed by atoms with Crippen LogP contribution < -0.4 is 17.0 Å². The largest absolute Gasteiger partial charge is 1.00 e. The summed E-state index contributed by atoms with van der Waals surface area (Å²) < 4.78 is 1.81. The first-order valence-corrected chi connectivity index (χ1v) is 8.56. The van der Waals surface area contributed by atoms with Gasteiger partial charge in [0.2, 0.25) is 0 Å². The summed E-state index contributed by atoms with van der Waals surface area (Å²) in [5, 5.41) is 7.28. The summed E-state index contributed by atoms with van der Waals surface area (Å²) in [4.78, 5) is 16.8. The molecule has 0 saturated carbocycles. The zero-order chi connectivity index (χ0) is 18.5. The molecule has 5 nitrogen and oxygen atoms in total. The van der Waals surface area contributed by atoms with Gasteiger partial charge in [0.1, 0.15) is 0 Å². The highest BCUT2D eigenvalue weighted by molar-refractivity contribution is 6.05. The van der Waals surface area contributed by atoms with Crippen LogP contribution in [0, 0.1) is 0 Å². The Morgan fingerprint density at radius 1 is 0.893 bits per heavy atom. The van der Waals surface area contributed by atoms with Gasteiger partial charge in [-0.3, -0.25) is 9.89 Å². The molecule has 0 saturated heterocycles. The number of aromatic nitrogens is 4. The van der Waals surface area contributed by atoms with E-state index >= 15 is 0 Å². The van der Waals surface area contributed by atoms with Crippen molar-refractivity contribution in [3.63, 3.8) is 0 Å². The monoisotopic (exact) mass is 388 g/mol. The summed E-state index contributed by atoms with van der Waals surface area (Å²) in [6, 6.07) is 22.9. The minimum Gasteiger partial charge on any atom is -1.00 e. The Labute approximate surface area is 168 Å². The molecular formula is C22H17ClN4O. The van der Waals surface area contributed by atoms with Gasteiger partial charge in [-0.05, 0) is 6.07 Å². The minimum absolute atomic E-state index is 0. The molecule has 0 fully saturated rings. The van der Waals surface area contributed by atoms with Gasteiger partial charge in [0.05, 0.1) is 11.6 Å². The summed E-state index contributed by atoms with van der Waals surface area (Å²) in [5.74, 6) is 1.28. The lowest BCUT2D eigenvalue weighted by Gasteiger charge is -1.95. The molecule has 0 radical (unpaired) electrons. The normalized spacial score (nSPS) is 10.6. The van der Waals surface area contributed by atoms with Gasteiger partial charge in [0.25, 0.3) is 0 Å².